The lowest BCUT2D eigenvalue weighted by molar-refractivity contribution is 0.668. The lowest BCUT2D eigenvalue weighted by atomic mass is 9.79. The molecule has 2 heterocycles. The van der Waals surface area contributed by atoms with Crippen LogP contribution in [0.3, 0.4) is 0 Å². The zero-order valence-corrected chi connectivity index (χ0v) is 31.4. The van der Waals surface area contributed by atoms with E-state index in [2.05, 4.69) is 206 Å². The first-order valence-electron chi connectivity index (χ1n) is 19.8. The van der Waals surface area contributed by atoms with Crippen molar-refractivity contribution >= 4 is 65.4 Å². The highest BCUT2D eigenvalue weighted by molar-refractivity contribution is 6.28. The van der Waals surface area contributed by atoms with E-state index in [4.69, 9.17) is 8.83 Å². The van der Waals surface area contributed by atoms with Crippen molar-refractivity contribution in [3.05, 3.63) is 206 Å². The molecule has 0 amide bonds. The molecule has 10 aromatic carbocycles. The van der Waals surface area contributed by atoms with E-state index >= 15 is 0 Å². The maximum Gasteiger partial charge on any atom is 0.136 e. The predicted octanol–water partition coefficient (Wildman–Crippen LogP) is 16.1. The molecule has 0 atom stereocenters. The molecular weight excluding hydrogens is 705 g/mol. The van der Waals surface area contributed by atoms with Crippen LogP contribution in [0.5, 0.6) is 0 Å². The molecule has 12 aromatic rings. The van der Waals surface area contributed by atoms with Crippen molar-refractivity contribution in [1.29, 1.82) is 0 Å². The molecule has 0 aliphatic heterocycles. The number of rotatable bonds is 5. The summed E-state index contributed by atoms with van der Waals surface area (Å²) in [6, 6.07) is 73.9. The van der Waals surface area contributed by atoms with Crippen LogP contribution in [-0.4, -0.2) is 0 Å². The van der Waals surface area contributed by atoms with Gasteiger partial charge in [-0.2, -0.15) is 0 Å². The van der Waals surface area contributed by atoms with Crippen molar-refractivity contribution in [2.75, 3.05) is 0 Å². The second kappa shape index (κ2) is 12.9. The average Bonchev–Trinajstić information content (AvgIpc) is 3.86. The number of furan rings is 2. The lowest BCUT2D eigenvalue weighted by Crippen LogP contribution is -1.96. The van der Waals surface area contributed by atoms with Crippen LogP contribution in [0.4, 0.5) is 0 Å². The zero-order chi connectivity index (χ0) is 38.2. The van der Waals surface area contributed by atoms with Gasteiger partial charge in [0.05, 0.1) is 0 Å². The van der Waals surface area contributed by atoms with E-state index in [1.54, 1.807) is 0 Å². The van der Waals surface area contributed by atoms with Crippen LogP contribution in [0.15, 0.2) is 215 Å². The van der Waals surface area contributed by atoms with Crippen molar-refractivity contribution in [3.63, 3.8) is 0 Å². The largest absolute Gasteiger partial charge is 0.456 e. The molecule has 0 N–H and O–H groups in total. The predicted molar refractivity (Wildman–Crippen MR) is 243 cm³/mol. The van der Waals surface area contributed by atoms with Crippen molar-refractivity contribution in [2.45, 2.75) is 0 Å². The fourth-order valence-electron chi connectivity index (χ4n) is 9.43. The van der Waals surface area contributed by atoms with Gasteiger partial charge < -0.3 is 8.83 Å². The molecule has 0 fully saturated rings. The van der Waals surface area contributed by atoms with Gasteiger partial charge in [0, 0.05) is 27.1 Å². The molecule has 0 bridgehead atoms. The molecule has 2 heteroatoms. The summed E-state index contributed by atoms with van der Waals surface area (Å²) in [7, 11) is 0. The van der Waals surface area contributed by atoms with Gasteiger partial charge in [0.15, 0.2) is 0 Å². The summed E-state index contributed by atoms with van der Waals surface area (Å²) in [4.78, 5) is 0. The molecule has 2 nitrogen and oxygen atoms in total. The Morgan fingerprint density at radius 2 is 0.724 bits per heavy atom. The first-order valence-corrected chi connectivity index (χ1v) is 19.8. The Hall–Kier alpha value is -7.68. The van der Waals surface area contributed by atoms with Crippen LogP contribution in [-0.2, 0) is 0 Å². The summed E-state index contributed by atoms with van der Waals surface area (Å²) >= 11 is 0. The third-order valence-corrected chi connectivity index (χ3v) is 11.9. The van der Waals surface area contributed by atoms with Gasteiger partial charge in [-0.15, -0.1) is 0 Å². The van der Waals surface area contributed by atoms with E-state index in [1.165, 1.54) is 54.9 Å². The van der Waals surface area contributed by atoms with Crippen molar-refractivity contribution in [3.8, 4) is 55.6 Å². The van der Waals surface area contributed by atoms with Gasteiger partial charge >= 0.3 is 0 Å². The van der Waals surface area contributed by atoms with Gasteiger partial charge in [-0.25, -0.2) is 0 Å². The van der Waals surface area contributed by atoms with Crippen LogP contribution in [0, 0.1) is 0 Å². The third-order valence-electron chi connectivity index (χ3n) is 11.9. The number of hydrogen-bond donors (Lipinski definition) is 0. The molecule has 0 saturated heterocycles. The number of hydrogen-bond acceptors (Lipinski definition) is 2. The number of fused-ring (bicyclic) bond motifs is 8. The quantitative estimate of drug-likeness (QED) is 0.164. The molecule has 0 aliphatic rings. The van der Waals surface area contributed by atoms with E-state index < -0.39 is 0 Å². The van der Waals surface area contributed by atoms with Crippen molar-refractivity contribution in [1.82, 2.24) is 0 Å². The Morgan fingerprint density at radius 1 is 0.224 bits per heavy atom. The van der Waals surface area contributed by atoms with Crippen LogP contribution in [0.2, 0.25) is 0 Å². The molecular formula is C56H34O2. The Labute approximate surface area is 334 Å². The minimum Gasteiger partial charge on any atom is -0.456 e. The average molecular weight is 739 g/mol. The molecule has 270 valence electrons. The Kier molecular flexibility index (Phi) is 7.26. The third kappa shape index (κ3) is 4.92. The molecule has 2 aromatic heterocycles. The van der Waals surface area contributed by atoms with Gasteiger partial charge in [-0.1, -0.05) is 176 Å². The smallest absolute Gasteiger partial charge is 0.136 e. The lowest BCUT2D eigenvalue weighted by Gasteiger charge is -2.23. The summed E-state index contributed by atoms with van der Waals surface area (Å²) in [6.07, 6.45) is 0. The Bertz CT molecular complexity index is 3480. The van der Waals surface area contributed by atoms with Gasteiger partial charge in [0.2, 0.25) is 0 Å². The number of para-hydroxylation sites is 1. The summed E-state index contributed by atoms with van der Waals surface area (Å²) in [5, 5.41) is 9.26. The van der Waals surface area contributed by atoms with Crippen LogP contribution >= 0.6 is 0 Å². The summed E-state index contributed by atoms with van der Waals surface area (Å²) in [5.74, 6) is 0. The molecule has 58 heavy (non-hydrogen) atoms. The highest BCUT2D eigenvalue weighted by atomic mass is 16.3. The van der Waals surface area contributed by atoms with E-state index in [-0.39, 0.29) is 0 Å². The molecule has 12 rings (SSSR count). The minimum atomic E-state index is 0.878. The van der Waals surface area contributed by atoms with E-state index in [1.807, 2.05) is 0 Å². The fraction of sp³-hybridized carbons (Fsp3) is 0. The molecule has 0 saturated carbocycles. The molecule has 0 unspecified atom stereocenters. The van der Waals surface area contributed by atoms with E-state index in [0.717, 1.165) is 66.1 Å². The number of benzene rings is 10. The standard InChI is InChI=1S/C56H34O2/c1-4-17-35(18-5-1)39-28-16-30-49-53(39)46-33-38(31-32-48(46)57-49)51-40-23-10-12-25-42(40)54(43-26-13-11-24-41(43)51)56-45(36-19-6-2-7-20-36)34-50-55(44-27-14-15-29-47(44)58-50)52(56)37-21-8-3-9-22-37/h1-34H. The minimum absolute atomic E-state index is 0.878. The maximum atomic E-state index is 6.71. The zero-order valence-electron chi connectivity index (χ0n) is 31.4. The fourth-order valence-corrected chi connectivity index (χ4v) is 9.43. The topological polar surface area (TPSA) is 26.3 Å². The van der Waals surface area contributed by atoms with Crippen LogP contribution in [0.1, 0.15) is 0 Å². The molecule has 0 aliphatic carbocycles. The highest BCUT2D eigenvalue weighted by Gasteiger charge is 2.26. The van der Waals surface area contributed by atoms with Gasteiger partial charge in [-0.05, 0) is 102 Å². The monoisotopic (exact) mass is 738 g/mol. The van der Waals surface area contributed by atoms with Gasteiger partial charge in [0.1, 0.15) is 22.3 Å². The summed E-state index contributed by atoms with van der Waals surface area (Å²) in [6.45, 7) is 0. The van der Waals surface area contributed by atoms with Crippen molar-refractivity contribution < 1.29 is 8.83 Å². The Balaban J connectivity index is 1.23. The van der Waals surface area contributed by atoms with Gasteiger partial charge in [-0.3, -0.25) is 0 Å². The van der Waals surface area contributed by atoms with E-state index in [9.17, 15) is 0 Å². The molecule has 0 spiro atoms. The Morgan fingerprint density at radius 3 is 1.38 bits per heavy atom. The normalized spacial score (nSPS) is 11.8. The van der Waals surface area contributed by atoms with Gasteiger partial charge in [0.25, 0.3) is 0 Å². The molecule has 0 radical (unpaired) electrons. The van der Waals surface area contributed by atoms with Crippen LogP contribution < -0.4 is 0 Å². The SMILES string of the molecule is c1ccc(-c2cc3oc4ccccc4c3c(-c3ccccc3)c2-c2c3ccccc3c(-c3ccc4oc5cccc(-c6ccccc6)c5c4c3)c3ccccc23)cc1. The van der Waals surface area contributed by atoms with E-state index in [0.29, 0.717) is 0 Å². The summed E-state index contributed by atoms with van der Waals surface area (Å²) < 4.78 is 13.2. The second-order valence-corrected chi connectivity index (χ2v) is 15.1. The van der Waals surface area contributed by atoms with Crippen molar-refractivity contribution in [2.24, 2.45) is 0 Å². The first-order chi connectivity index (χ1) is 28.8. The maximum absolute atomic E-state index is 6.71. The highest BCUT2D eigenvalue weighted by Crippen LogP contribution is 2.53. The second-order valence-electron chi connectivity index (χ2n) is 15.1. The summed E-state index contributed by atoms with van der Waals surface area (Å²) in [5.41, 5.74) is 15.2. The van der Waals surface area contributed by atoms with Crippen LogP contribution in [0.25, 0.3) is 121 Å². The first kappa shape index (κ1) is 32.6.